The van der Waals surface area contributed by atoms with Crippen LogP contribution in [0.5, 0.6) is 0 Å². The van der Waals surface area contributed by atoms with Gasteiger partial charge in [-0.05, 0) is 0 Å². The third kappa shape index (κ3) is 3.15. The fraction of sp³-hybridized carbons (Fsp3) is 0. The maximum absolute atomic E-state index is 2.38. The van der Waals surface area contributed by atoms with Gasteiger partial charge in [0.05, 0.1) is 0 Å². The molecule has 0 N–H and O–H groups in total. The standard InChI is InChI=1S/C30H21Ge/c1-4-16-25-22(10-1)13-7-19-28(25)31(29-20-8-14-23-11-2-5-17-26(23)29)30-21-9-15-24-12-3-6-18-27(24)30/h1-21H. The Kier molecular flexibility index (Phi) is 4.58. The second-order valence-electron chi connectivity index (χ2n) is 7.96. The number of hydrogen-bond acceptors (Lipinski definition) is 0. The molecule has 0 aliphatic heterocycles. The van der Waals surface area contributed by atoms with E-state index < -0.39 is 14.3 Å². The van der Waals surface area contributed by atoms with Gasteiger partial charge in [-0.15, -0.1) is 0 Å². The van der Waals surface area contributed by atoms with E-state index in [0.29, 0.717) is 0 Å². The van der Waals surface area contributed by atoms with Crippen molar-refractivity contribution in [2.24, 2.45) is 0 Å². The van der Waals surface area contributed by atoms with E-state index in [9.17, 15) is 0 Å². The molecule has 31 heavy (non-hydrogen) atoms. The van der Waals surface area contributed by atoms with Crippen molar-refractivity contribution in [1.82, 2.24) is 0 Å². The molecule has 6 aromatic carbocycles. The second-order valence-corrected chi connectivity index (χ2v) is 12.9. The van der Waals surface area contributed by atoms with Gasteiger partial charge in [0.2, 0.25) is 0 Å². The van der Waals surface area contributed by atoms with Crippen molar-refractivity contribution in [3.8, 4) is 0 Å². The molecule has 145 valence electrons. The van der Waals surface area contributed by atoms with Crippen LogP contribution in [0.25, 0.3) is 32.3 Å². The zero-order valence-electron chi connectivity index (χ0n) is 17.1. The van der Waals surface area contributed by atoms with E-state index in [-0.39, 0.29) is 0 Å². The summed E-state index contributed by atoms with van der Waals surface area (Å²) in [5.41, 5.74) is 0. The van der Waals surface area contributed by atoms with Crippen LogP contribution < -0.4 is 13.2 Å². The molecule has 0 spiro atoms. The van der Waals surface area contributed by atoms with Gasteiger partial charge in [0, 0.05) is 0 Å². The van der Waals surface area contributed by atoms with Crippen LogP contribution in [0.4, 0.5) is 0 Å². The Morgan fingerprint density at radius 1 is 0.290 bits per heavy atom. The molecule has 1 radical (unpaired) electrons. The average Bonchev–Trinajstić information content (AvgIpc) is 2.85. The van der Waals surface area contributed by atoms with Crippen molar-refractivity contribution in [3.05, 3.63) is 127 Å². The normalized spacial score (nSPS) is 11.5. The molecule has 0 saturated heterocycles. The molecule has 0 atom stereocenters. The summed E-state index contributed by atoms with van der Waals surface area (Å²) in [5.74, 6) is 0. The van der Waals surface area contributed by atoms with Crippen LogP contribution in [0.15, 0.2) is 127 Å². The van der Waals surface area contributed by atoms with Crippen LogP contribution in [0, 0.1) is 0 Å². The summed E-state index contributed by atoms with van der Waals surface area (Å²) in [4.78, 5) is 0. The number of rotatable bonds is 3. The Hall–Kier alpha value is -3.36. The first-order valence-corrected chi connectivity index (χ1v) is 13.9. The van der Waals surface area contributed by atoms with Crippen molar-refractivity contribution >= 4 is 59.9 Å². The molecule has 0 aliphatic rings. The van der Waals surface area contributed by atoms with Crippen LogP contribution >= 0.6 is 0 Å². The van der Waals surface area contributed by atoms with Crippen LogP contribution in [0.1, 0.15) is 0 Å². The maximum atomic E-state index is 2.38. The first kappa shape index (κ1) is 18.4. The van der Waals surface area contributed by atoms with Gasteiger partial charge >= 0.3 is 187 Å². The zero-order chi connectivity index (χ0) is 20.6. The summed E-state index contributed by atoms with van der Waals surface area (Å²) in [6.45, 7) is 0. The molecule has 0 fully saturated rings. The molecule has 0 amide bonds. The minimum atomic E-state index is -2.14. The quantitative estimate of drug-likeness (QED) is 0.303. The van der Waals surface area contributed by atoms with Crippen molar-refractivity contribution in [2.45, 2.75) is 0 Å². The van der Waals surface area contributed by atoms with E-state index in [2.05, 4.69) is 127 Å². The predicted octanol–water partition coefficient (Wildman–Crippen LogP) is 5.66. The molecule has 0 bridgehead atoms. The van der Waals surface area contributed by atoms with Crippen molar-refractivity contribution in [3.63, 3.8) is 0 Å². The van der Waals surface area contributed by atoms with Gasteiger partial charge in [-0.3, -0.25) is 0 Å². The summed E-state index contributed by atoms with van der Waals surface area (Å²) < 4.78 is 4.56. The second kappa shape index (κ2) is 7.72. The first-order chi connectivity index (χ1) is 15.4. The Morgan fingerprint density at radius 3 is 0.935 bits per heavy atom. The zero-order valence-corrected chi connectivity index (χ0v) is 19.2. The number of fused-ring (bicyclic) bond motifs is 3. The molecule has 0 aliphatic carbocycles. The van der Waals surface area contributed by atoms with Crippen LogP contribution in [0.3, 0.4) is 0 Å². The van der Waals surface area contributed by atoms with Gasteiger partial charge in [-0.25, -0.2) is 0 Å². The molecule has 0 nitrogen and oxygen atoms in total. The SMILES string of the molecule is c1ccc2[c]([Ge]([c]3cccc4ccccc34)[c]3cccc4ccccc34)cccc2c1. The minimum absolute atomic E-state index is 1.32. The number of hydrogen-bond donors (Lipinski definition) is 0. The predicted molar refractivity (Wildman–Crippen MR) is 136 cm³/mol. The van der Waals surface area contributed by atoms with E-state index in [4.69, 9.17) is 0 Å². The Bertz CT molecular complexity index is 1340. The van der Waals surface area contributed by atoms with Crippen molar-refractivity contribution in [1.29, 1.82) is 0 Å². The molecule has 0 saturated carbocycles. The molecular weight excluding hydrogens is 433 g/mol. The Balaban J connectivity index is 1.75. The van der Waals surface area contributed by atoms with Gasteiger partial charge in [-0.1, -0.05) is 0 Å². The molecule has 1 heteroatoms. The molecule has 6 rings (SSSR count). The van der Waals surface area contributed by atoms with Gasteiger partial charge < -0.3 is 0 Å². The Morgan fingerprint density at radius 2 is 0.581 bits per heavy atom. The van der Waals surface area contributed by atoms with Crippen LogP contribution in [0.2, 0.25) is 0 Å². The molecule has 0 unspecified atom stereocenters. The molecule has 6 aromatic rings. The summed E-state index contributed by atoms with van der Waals surface area (Å²) >= 11 is -2.14. The van der Waals surface area contributed by atoms with Crippen LogP contribution in [-0.4, -0.2) is 14.3 Å². The average molecular weight is 454 g/mol. The van der Waals surface area contributed by atoms with E-state index >= 15 is 0 Å². The fourth-order valence-corrected chi connectivity index (χ4v) is 11.4. The van der Waals surface area contributed by atoms with E-state index in [1.54, 1.807) is 0 Å². The summed E-state index contributed by atoms with van der Waals surface area (Å²) in [7, 11) is 0. The molecule has 0 heterocycles. The molecule has 0 aromatic heterocycles. The number of benzene rings is 6. The Labute approximate surface area is 186 Å². The van der Waals surface area contributed by atoms with E-state index in [1.807, 2.05) is 0 Å². The topological polar surface area (TPSA) is 0 Å². The molecular formula is C30H21Ge. The van der Waals surface area contributed by atoms with Gasteiger partial charge in [-0.2, -0.15) is 0 Å². The van der Waals surface area contributed by atoms with E-state index in [1.165, 1.54) is 45.5 Å². The summed E-state index contributed by atoms with van der Waals surface area (Å²) in [6.07, 6.45) is 0. The van der Waals surface area contributed by atoms with Crippen molar-refractivity contribution < 1.29 is 0 Å². The van der Waals surface area contributed by atoms with Crippen LogP contribution in [-0.2, 0) is 0 Å². The third-order valence-electron chi connectivity index (χ3n) is 6.18. The van der Waals surface area contributed by atoms with Gasteiger partial charge in [0.15, 0.2) is 0 Å². The van der Waals surface area contributed by atoms with Gasteiger partial charge in [0.1, 0.15) is 0 Å². The summed E-state index contributed by atoms with van der Waals surface area (Å²) in [6, 6.07) is 47.1. The summed E-state index contributed by atoms with van der Waals surface area (Å²) in [5, 5.41) is 8.14. The van der Waals surface area contributed by atoms with Crippen molar-refractivity contribution in [2.75, 3.05) is 0 Å². The van der Waals surface area contributed by atoms with Gasteiger partial charge in [0.25, 0.3) is 0 Å². The monoisotopic (exact) mass is 455 g/mol. The first-order valence-electron chi connectivity index (χ1n) is 10.7. The van der Waals surface area contributed by atoms with E-state index in [0.717, 1.165) is 0 Å². The fourth-order valence-electron chi connectivity index (χ4n) is 4.77. The third-order valence-corrected chi connectivity index (χ3v) is 12.3.